The number of ether oxygens (including phenoxy) is 1. The van der Waals surface area contributed by atoms with Crippen molar-refractivity contribution in [1.82, 2.24) is 5.32 Å². The van der Waals surface area contributed by atoms with E-state index in [-0.39, 0.29) is 18.5 Å². The molecule has 0 saturated carbocycles. The molecule has 0 heterocycles. The number of hydrogen-bond donors (Lipinski definition) is 1. The number of amides is 1. The van der Waals surface area contributed by atoms with Crippen LogP contribution in [0, 0.1) is 0 Å². The van der Waals surface area contributed by atoms with Crippen LogP contribution in [-0.2, 0) is 18.3 Å². The van der Waals surface area contributed by atoms with Crippen molar-refractivity contribution in [3.8, 4) is 0 Å². The normalized spacial score (nSPS) is 13.2. The summed E-state index contributed by atoms with van der Waals surface area (Å²) in [4.78, 5) is 12.2. The molecule has 0 spiro atoms. The largest absolute Gasteiger partial charge is 0.444 e. The Hall–Kier alpha value is -1.62. The van der Waals surface area contributed by atoms with Crippen LogP contribution < -0.4 is 5.32 Å². The summed E-state index contributed by atoms with van der Waals surface area (Å²) in [6, 6.07) is 8.32. The molecular formula is C18H28NO5P. The van der Waals surface area contributed by atoms with Crippen LogP contribution in [-0.4, -0.2) is 24.9 Å². The molecular weight excluding hydrogens is 341 g/mol. The molecule has 7 heteroatoms. The SMILES string of the molecule is C=C(C(NC(=O)OC(C)(C)C)c1ccccc1)P(=O)(OCC)OCC. The molecule has 0 bridgehead atoms. The van der Waals surface area contributed by atoms with E-state index in [2.05, 4.69) is 11.9 Å². The maximum Gasteiger partial charge on any atom is 0.408 e. The zero-order chi connectivity index (χ0) is 19.1. The van der Waals surface area contributed by atoms with Crippen LogP contribution in [0.15, 0.2) is 42.2 Å². The zero-order valence-electron chi connectivity index (χ0n) is 15.6. The van der Waals surface area contributed by atoms with Crippen LogP contribution in [0.5, 0.6) is 0 Å². The van der Waals surface area contributed by atoms with Gasteiger partial charge in [0, 0.05) is 0 Å². The van der Waals surface area contributed by atoms with E-state index in [4.69, 9.17) is 13.8 Å². The minimum absolute atomic E-state index is 0.160. The van der Waals surface area contributed by atoms with Gasteiger partial charge >= 0.3 is 13.7 Å². The van der Waals surface area contributed by atoms with E-state index in [0.717, 1.165) is 0 Å². The lowest BCUT2D eigenvalue weighted by atomic mass is 10.1. The molecule has 6 nitrogen and oxygen atoms in total. The zero-order valence-corrected chi connectivity index (χ0v) is 16.5. The Balaban J connectivity index is 3.16. The molecule has 1 aromatic carbocycles. The van der Waals surface area contributed by atoms with E-state index in [9.17, 15) is 9.36 Å². The molecule has 0 aromatic heterocycles. The Labute approximate surface area is 150 Å². The molecule has 0 radical (unpaired) electrons. The Kier molecular flexibility index (Phi) is 7.87. The number of carbonyl (C=O) groups is 1. The van der Waals surface area contributed by atoms with Crippen molar-refractivity contribution in [1.29, 1.82) is 0 Å². The lowest BCUT2D eigenvalue weighted by molar-refractivity contribution is 0.0512. The maximum atomic E-state index is 13.1. The Morgan fingerprint density at radius 3 is 2.12 bits per heavy atom. The predicted molar refractivity (Wildman–Crippen MR) is 98.6 cm³/mol. The number of benzene rings is 1. The van der Waals surface area contributed by atoms with Gasteiger partial charge in [-0.1, -0.05) is 36.9 Å². The fourth-order valence-electron chi connectivity index (χ4n) is 2.13. The van der Waals surface area contributed by atoms with Crippen LogP contribution in [0.3, 0.4) is 0 Å². The summed E-state index contributed by atoms with van der Waals surface area (Å²) >= 11 is 0. The highest BCUT2D eigenvalue weighted by atomic mass is 31.2. The van der Waals surface area contributed by atoms with E-state index in [1.165, 1.54) is 0 Å². The fourth-order valence-corrected chi connectivity index (χ4v) is 3.75. The number of carbonyl (C=O) groups excluding carboxylic acids is 1. The molecule has 1 N–H and O–H groups in total. The van der Waals surface area contributed by atoms with E-state index in [1.807, 2.05) is 18.2 Å². The van der Waals surface area contributed by atoms with Gasteiger partial charge in [0.05, 0.1) is 24.6 Å². The quantitative estimate of drug-likeness (QED) is 0.651. The first-order valence-electron chi connectivity index (χ1n) is 8.26. The maximum absolute atomic E-state index is 13.1. The van der Waals surface area contributed by atoms with Gasteiger partial charge in [0.25, 0.3) is 0 Å². The average molecular weight is 369 g/mol. The monoisotopic (exact) mass is 369 g/mol. The highest BCUT2D eigenvalue weighted by molar-refractivity contribution is 7.58. The fraction of sp³-hybridized carbons (Fsp3) is 0.500. The van der Waals surface area contributed by atoms with Gasteiger partial charge in [0.2, 0.25) is 0 Å². The smallest absolute Gasteiger partial charge is 0.408 e. The van der Waals surface area contributed by atoms with Gasteiger partial charge in [-0.05, 0) is 40.2 Å². The highest BCUT2D eigenvalue weighted by Gasteiger charge is 2.36. The molecule has 0 aliphatic rings. The summed E-state index contributed by atoms with van der Waals surface area (Å²) in [5.74, 6) is 0. The lowest BCUT2D eigenvalue weighted by Gasteiger charge is -2.28. The summed E-state index contributed by atoms with van der Waals surface area (Å²) in [5.41, 5.74) is 0.0499. The number of nitrogens with one attached hydrogen (secondary N) is 1. The van der Waals surface area contributed by atoms with Crippen LogP contribution >= 0.6 is 7.60 Å². The van der Waals surface area contributed by atoms with Gasteiger partial charge in [-0.2, -0.15) is 0 Å². The second-order valence-electron chi connectivity index (χ2n) is 6.31. The topological polar surface area (TPSA) is 73.9 Å². The number of alkyl carbamates (subject to hydrolysis) is 1. The minimum atomic E-state index is -3.60. The molecule has 1 rings (SSSR count). The standard InChI is InChI=1S/C18H28NO5P/c1-7-22-25(21,23-8-2)14(3)16(15-12-10-9-11-13-15)19-17(20)24-18(4,5)6/h9-13,16H,3,7-8H2,1-2,4-6H3,(H,19,20). The van der Waals surface area contributed by atoms with Gasteiger partial charge in [-0.3, -0.25) is 4.57 Å². The summed E-state index contributed by atoms with van der Waals surface area (Å²) in [6.07, 6.45) is -0.637. The third-order valence-electron chi connectivity index (χ3n) is 3.08. The first-order chi connectivity index (χ1) is 11.6. The van der Waals surface area contributed by atoms with Crippen molar-refractivity contribution in [3.05, 3.63) is 47.8 Å². The van der Waals surface area contributed by atoms with Crippen LogP contribution in [0.2, 0.25) is 0 Å². The predicted octanol–water partition coefficient (Wildman–Crippen LogP) is 5.03. The van der Waals surface area contributed by atoms with Crippen molar-refractivity contribution in [2.45, 2.75) is 46.3 Å². The van der Waals surface area contributed by atoms with Gasteiger partial charge in [0.15, 0.2) is 0 Å². The first-order valence-corrected chi connectivity index (χ1v) is 9.80. The summed E-state index contributed by atoms with van der Waals surface area (Å²) in [6.45, 7) is 13.0. The van der Waals surface area contributed by atoms with E-state index in [1.54, 1.807) is 46.8 Å². The van der Waals surface area contributed by atoms with E-state index >= 15 is 0 Å². The Morgan fingerprint density at radius 2 is 1.68 bits per heavy atom. The number of rotatable bonds is 8. The highest BCUT2D eigenvalue weighted by Crippen LogP contribution is 2.59. The van der Waals surface area contributed by atoms with Crippen molar-refractivity contribution < 1.29 is 23.1 Å². The third-order valence-corrected chi connectivity index (χ3v) is 5.24. The number of hydrogen-bond acceptors (Lipinski definition) is 5. The van der Waals surface area contributed by atoms with Crippen molar-refractivity contribution in [3.63, 3.8) is 0 Å². The molecule has 0 aliphatic heterocycles. The summed E-state index contributed by atoms with van der Waals surface area (Å²) < 4.78 is 29.1. The molecule has 0 saturated heterocycles. The Morgan fingerprint density at radius 1 is 1.16 bits per heavy atom. The van der Waals surface area contributed by atoms with Gasteiger partial charge < -0.3 is 19.1 Å². The second-order valence-corrected chi connectivity index (χ2v) is 8.40. The van der Waals surface area contributed by atoms with Crippen molar-refractivity contribution in [2.75, 3.05) is 13.2 Å². The molecule has 140 valence electrons. The molecule has 0 aliphatic carbocycles. The first kappa shape index (κ1) is 21.4. The van der Waals surface area contributed by atoms with Crippen LogP contribution in [0.1, 0.15) is 46.2 Å². The third kappa shape index (κ3) is 6.65. The molecule has 25 heavy (non-hydrogen) atoms. The van der Waals surface area contributed by atoms with Crippen LogP contribution in [0.4, 0.5) is 4.79 Å². The Bertz CT molecular complexity index is 614. The summed E-state index contributed by atoms with van der Waals surface area (Å²) in [7, 11) is -3.60. The van der Waals surface area contributed by atoms with Gasteiger partial charge in [-0.15, -0.1) is 0 Å². The molecule has 1 atom stereocenters. The molecule has 1 unspecified atom stereocenters. The van der Waals surface area contributed by atoms with Gasteiger partial charge in [-0.25, -0.2) is 4.79 Å². The van der Waals surface area contributed by atoms with Crippen molar-refractivity contribution in [2.24, 2.45) is 0 Å². The average Bonchev–Trinajstić information content (AvgIpc) is 2.51. The second kappa shape index (κ2) is 9.18. The molecule has 0 fully saturated rings. The van der Waals surface area contributed by atoms with E-state index < -0.39 is 25.3 Å². The van der Waals surface area contributed by atoms with Crippen molar-refractivity contribution >= 4 is 13.7 Å². The molecule has 1 amide bonds. The molecule has 1 aromatic rings. The van der Waals surface area contributed by atoms with E-state index in [0.29, 0.717) is 5.56 Å². The summed E-state index contributed by atoms with van der Waals surface area (Å²) in [5, 5.41) is 2.88. The van der Waals surface area contributed by atoms with Crippen LogP contribution in [0.25, 0.3) is 0 Å². The minimum Gasteiger partial charge on any atom is -0.444 e. The van der Waals surface area contributed by atoms with Gasteiger partial charge in [0.1, 0.15) is 5.60 Å². The lowest BCUT2D eigenvalue weighted by Crippen LogP contribution is -2.35.